The van der Waals surface area contributed by atoms with Crippen LogP contribution in [0.25, 0.3) is 0 Å². The molecule has 25 heavy (non-hydrogen) atoms. The van der Waals surface area contributed by atoms with Gasteiger partial charge in [-0.05, 0) is 63.3 Å². The molecule has 0 aliphatic heterocycles. The van der Waals surface area contributed by atoms with Gasteiger partial charge in [-0.15, -0.1) is 0 Å². The Hall–Kier alpha value is -1.46. The number of aliphatic hydroxyl groups excluding tert-OH is 1. The zero-order chi connectivity index (χ0) is 18.1. The monoisotopic (exact) mass is 367 g/mol. The molecule has 2 rings (SSSR count). The number of rotatable bonds is 7. The molecular weight excluding hydrogens is 338 g/mol. The SMILES string of the molecule is CCNC(=NCCCOc1ccc(Cl)cc1C)NC1CCC(O)CC1. The highest BCUT2D eigenvalue weighted by Gasteiger charge is 2.19. The molecule has 1 fully saturated rings. The maximum absolute atomic E-state index is 9.60. The van der Waals surface area contributed by atoms with Crippen LogP contribution in [-0.2, 0) is 0 Å². The van der Waals surface area contributed by atoms with Crippen LogP contribution >= 0.6 is 11.6 Å². The lowest BCUT2D eigenvalue weighted by atomic mass is 9.93. The lowest BCUT2D eigenvalue weighted by molar-refractivity contribution is 0.120. The summed E-state index contributed by atoms with van der Waals surface area (Å²) >= 11 is 5.95. The normalized spacial score (nSPS) is 21.0. The van der Waals surface area contributed by atoms with E-state index in [1.54, 1.807) is 0 Å². The zero-order valence-electron chi connectivity index (χ0n) is 15.2. The highest BCUT2D eigenvalue weighted by atomic mass is 35.5. The number of benzene rings is 1. The molecule has 0 unspecified atom stereocenters. The van der Waals surface area contributed by atoms with Crippen molar-refractivity contribution in [1.82, 2.24) is 10.6 Å². The van der Waals surface area contributed by atoms with E-state index in [1.807, 2.05) is 25.1 Å². The number of aryl methyl sites for hydroxylation is 1. The number of hydrogen-bond donors (Lipinski definition) is 3. The van der Waals surface area contributed by atoms with Gasteiger partial charge >= 0.3 is 0 Å². The second-order valence-corrected chi connectivity index (χ2v) is 6.96. The first-order chi connectivity index (χ1) is 12.1. The fraction of sp³-hybridized carbons (Fsp3) is 0.632. The van der Waals surface area contributed by atoms with Crippen LogP contribution in [0.15, 0.2) is 23.2 Å². The molecule has 140 valence electrons. The second kappa shape index (κ2) is 10.5. The van der Waals surface area contributed by atoms with Gasteiger partial charge in [-0.2, -0.15) is 0 Å². The maximum Gasteiger partial charge on any atom is 0.191 e. The molecule has 3 N–H and O–H groups in total. The number of nitrogens with one attached hydrogen (secondary N) is 2. The fourth-order valence-electron chi connectivity index (χ4n) is 2.95. The Kier molecular flexibility index (Phi) is 8.35. The van der Waals surface area contributed by atoms with Gasteiger partial charge in [0, 0.05) is 30.6 Å². The van der Waals surface area contributed by atoms with E-state index in [1.165, 1.54) is 0 Å². The second-order valence-electron chi connectivity index (χ2n) is 6.52. The van der Waals surface area contributed by atoms with Crippen molar-refractivity contribution in [2.75, 3.05) is 19.7 Å². The first-order valence-electron chi connectivity index (χ1n) is 9.20. The average molecular weight is 368 g/mol. The number of aliphatic hydroxyl groups is 1. The first kappa shape index (κ1) is 19.9. The number of halogens is 1. The minimum Gasteiger partial charge on any atom is -0.493 e. The Labute approximate surface area is 155 Å². The smallest absolute Gasteiger partial charge is 0.191 e. The molecule has 1 aliphatic rings. The summed E-state index contributed by atoms with van der Waals surface area (Å²) in [5.74, 6) is 1.73. The Morgan fingerprint density at radius 3 is 2.76 bits per heavy atom. The highest BCUT2D eigenvalue weighted by molar-refractivity contribution is 6.30. The Morgan fingerprint density at radius 1 is 1.32 bits per heavy atom. The number of nitrogens with zero attached hydrogens (tertiary/aromatic N) is 1. The van der Waals surface area contributed by atoms with Gasteiger partial charge in [-0.1, -0.05) is 11.6 Å². The summed E-state index contributed by atoms with van der Waals surface area (Å²) in [4.78, 5) is 4.63. The molecule has 1 saturated carbocycles. The van der Waals surface area contributed by atoms with E-state index in [-0.39, 0.29) is 6.10 Å². The molecule has 1 aromatic rings. The molecule has 0 radical (unpaired) electrons. The van der Waals surface area contributed by atoms with Crippen molar-refractivity contribution in [1.29, 1.82) is 0 Å². The fourth-order valence-corrected chi connectivity index (χ4v) is 3.17. The third-order valence-corrected chi connectivity index (χ3v) is 4.58. The highest BCUT2D eigenvalue weighted by Crippen LogP contribution is 2.22. The lowest BCUT2D eigenvalue weighted by Gasteiger charge is -2.27. The van der Waals surface area contributed by atoms with Gasteiger partial charge in [0.1, 0.15) is 5.75 Å². The predicted octanol–water partition coefficient (Wildman–Crippen LogP) is 3.28. The standard InChI is InChI=1S/C19H30ClN3O2/c1-3-21-19(23-16-6-8-17(24)9-7-16)22-11-4-12-25-18-10-5-15(20)13-14(18)2/h5,10,13,16-17,24H,3-4,6-9,11-12H2,1-2H3,(H2,21,22,23). The van der Waals surface area contributed by atoms with E-state index in [0.717, 1.165) is 60.9 Å². The van der Waals surface area contributed by atoms with Gasteiger partial charge in [0.2, 0.25) is 0 Å². The van der Waals surface area contributed by atoms with E-state index < -0.39 is 0 Å². The molecular formula is C19H30ClN3O2. The number of hydrogen-bond acceptors (Lipinski definition) is 3. The van der Waals surface area contributed by atoms with Crippen LogP contribution in [0.3, 0.4) is 0 Å². The van der Waals surface area contributed by atoms with Crippen LogP contribution in [0.4, 0.5) is 0 Å². The van der Waals surface area contributed by atoms with Crippen LogP contribution in [-0.4, -0.2) is 42.9 Å². The summed E-state index contributed by atoms with van der Waals surface area (Å²) in [5, 5.41) is 17.1. The third kappa shape index (κ3) is 7.12. The van der Waals surface area contributed by atoms with Gasteiger partial charge in [0.15, 0.2) is 5.96 Å². The largest absolute Gasteiger partial charge is 0.493 e. The Balaban J connectivity index is 1.73. The Bertz CT molecular complexity index is 558. The van der Waals surface area contributed by atoms with E-state index in [9.17, 15) is 5.11 Å². The van der Waals surface area contributed by atoms with Crippen LogP contribution in [0.5, 0.6) is 5.75 Å². The summed E-state index contributed by atoms with van der Waals surface area (Å²) in [6.45, 7) is 6.22. The van der Waals surface area contributed by atoms with Crippen molar-refractivity contribution in [2.45, 2.75) is 58.1 Å². The number of guanidine groups is 1. The minimum absolute atomic E-state index is 0.133. The van der Waals surface area contributed by atoms with E-state index in [0.29, 0.717) is 19.2 Å². The van der Waals surface area contributed by atoms with Crippen molar-refractivity contribution in [3.63, 3.8) is 0 Å². The van der Waals surface area contributed by atoms with E-state index in [4.69, 9.17) is 16.3 Å². The molecule has 1 aliphatic carbocycles. The van der Waals surface area contributed by atoms with Crippen molar-refractivity contribution in [3.05, 3.63) is 28.8 Å². The van der Waals surface area contributed by atoms with Crippen LogP contribution in [0, 0.1) is 6.92 Å². The molecule has 0 bridgehead atoms. The molecule has 0 aromatic heterocycles. The van der Waals surface area contributed by atoms with Crippen molar-refractivity contribution in [2.24, 2.45) is 4.99 Å². The van der Waals surface area contributed by atoms with Crippen molar-refractivity contribution < 1.29 is 9.84 Å². The predicted molar refractivity (Wildman–Crippen MR) is 104 cm³/mol. The molecule has 6 heteroatoms. The van der Waals surface area contributed by atoms with E-state index in [2.05, 4.69) is 22.5 Å². The van der Waals surface area contributed by atoms with Crippen molar-refractivity contribution >= 4 is 17.6 Å². The molecule has 0 spiro atoms. The van der Waals surface area contributed by atoms with Crippen molar-refractivity contribution in [3.8, 4) is 5.75 Å². The summed E-state index contributed by atoms with van der Waals surface area (Å²) in [5.41, 5.74) is 1.05. The molecule has 0 amide bonds. The first-order valence-corrected chi connectivity index (χ1v) is 9.58. The maximum atomic E-state index is 9.60. The quantitative estimate of drug-likeness (QED) is 0.393. The van der Waals surface area contributed by atoms with Crippen LogP contribution < -0.4 is 15.4 Å². The lowest BCUT2D eigenvalue weighted by Crippen LogP contribution is -2.45. The van der Waals surface area contributed by atoms with Gasteiger partial charge in [-0.3, -0.25) is 4.99 Å². The molecule has 1 aromatic carbocycles. The summed E-state index contributed by atoms with van der Waals surface area (Å²) < 4.78 is 5.80. The number of aliphatic imine (C=N–C) groups is 1. The topological polar surface area (TPSA) is 65.9 Å². The number of ether oxygens (including phenoxy) is 1. The average Bonchev–Trinajstić information content (AvgIpc) is 2.58. The molecule has 5 nitrogen and oxygen atoms in total. The zero-order valence-corrected chi connectivity index (χ0v) is 16.0. The van der Waals surface area contributed by atoms with Gasteiger partial charge in [0.25, 0.3) is 0 Å². The van der Waals surface area contributed by atoms with E-state index >= 15 is 0 Å². The summed E-state index contributed by atoms with van der Waals surface area (Å²) in [6.07, 6.45) is 4.43. The van der Waals surface area contributed by atoms with Gasteiger partial charge in [0.05, 0.1) is 12.7 Å². The van der Waals surface area contributed by atoms with Crippen LogP contribution in [0.2, 0.25) is 5.02 Å². The summed E-state index contributed by atoms with van der Waals surface area (Å²) in [6, 6.07) is 6.05. The Morgan fingerprint density at radius 2 is 2.08 bits per heavy atom. The summed E-state index contributed by atoms with van der Waals surface area (Å²) in [7, 11) is 0. The van der Waals surface area contributed by atoms with Gasteiger partial charge in [-0.25, -0.2) is 0 Å². The third-order valence-electron chi connectivity index (χ3n) is 4.35. The molecule has 0 atom stereocenters. The van der Waals surface area contributed by atoms with Gasteiger partial charge < -0.3 is 20.5 Å². The molecule has 0 saturated heterocycles. The minimum atomic E-state index is -0.133. The van der Waals surface area contributed by atoms with Crippen LogP contribution in [0.1, 0.15) is 44.6 Å². The molecule has 0 heterocycles.